The average Bonchev–Trinajstić information content (AvgIpc) is 2.65. The molecule has 1 aromatic carbocycles. The number of fused-ring (bicyclic) bond motifs is 3. The van der Waals surface area contributed by atoms with E-state index in [0.717, 1.165) is 36.1 Å². The van der Waals surface area contributed by atoms with E-state index >= 15 is 0 Å². The number of hydrogen-bond donors (Lipinski definition) is 0. The lowest BCUT2D eigenvalue weighted by Crippen LogP contribution is -2.47. The molecule has 0 aliphatic heterocycles. The smallest absolute Gasteiger partial charge is 0.220 e. The van der Waals surface area contributed by atoms with E-state index in [1.54, 1.807) is 7.11 Å². The van der Waals surface area contributed by atoms with Gasteiger partial charge < -0.3 is 4.74 Å². The predicted octanol–water partition coefficient (Wildman–Crippen LogP) is 3.97. The van der Waals surface area contributed by atoms with E-state index in [2.05, 4.69) is 18.8 Å². The quantitative estimate of drug-likeness (QED) is 0.832. The number of Topliss-reactive ketones (excluding diaryl/α,β-unsaturated/α-hetero) is 1. The van der Waals surface area contributed by atoms with Crippen molar-refractivity contribution in [3.05, 3.63) is 41.6 Å². The molecule has 2 aliphatic rings. The highest BCUT2D eigenvalue weighted by molar-refractivity contribution is 5.82. The Balaban J connectivity index is 1.89. The van der Waals surface area contributed by atoms with Crippen LogP contribution in [0.25, 0.3) is 11.4 Å². The van der Waals surface area contributed by atoms with Gasteiger partial charge in [-0.3, -0.25) is 4.79 Å². The molecule has 1 aromatic heterocycles. The molecule has 0 unspecified atom stereocenters. The fraction of sp³-hybridized carbons (Fsp3) is 0.476. The predicted molar refractivity (Wildman–Crippen MR) is 96.6 cm³/mol. The maximum Gasteiger partial charge on any atom is 0.220 e. The van der Waals surface area contributed by atoms with Crippen LogP contribution in [-0.4, -0.2) is 22.9 Å². The van der Waals surface area contributed by atoms with Crippen molar-refractivity contribution in [3.8, 4) is 17.3 Å². The van der Waals surface area contributed by atoms with Crippen LogP contribution < -0.4 is 4.74 Å². The van der Waals surface area contributed by atoms with E-state index < -0.39 is 0 Å². The Morgan fingerprint density at radius 3 is 2.64 bits per heavy atom. The van der Waals surface area contributed by atoms with Gasteiger partial charge in [0.15, 0.2) is 5.82 Å². The summed E-state index contributed by atoms with van der Waals surface area (Å²) in [5.41, 5.74) is 3.13. The lowest BCUT2D eigenvalue weighted by molar-refractivity contribution is -0.128. The molecule has 1 saturated carbocycles. The molecule has 130 valence electrons. The van der Waals surface area contributed by atoms with Crippen molar-refractivity contribution in [2.24, 2.45) is 11.8 Å². The van der Waals surface area contributed by atoms with Gasteiger partial charge in [-0.25, -0.2) is 4.98 Å². The summed E-state index contributed by atoms with van der Waals surface area (Å²) in [6, 6.07) is 10.0. The Morgan fingerprint density at radius 2 is 1.92 bits per heavy atom. The first-order valence-electron chi connectivity index (χ1n) is 9.08. The van der Waals surface area contributed by atoms with E-state index in [0.29, 0.717) is 29.8 Å². The molecule has 0 spiro atoms. The number of carbonyl (C=O) groups is 1. The van der Waals surface area contributed by atoms with Gasteiger partial charge in [0.25, 0.3) is 0 Å². The van der Waals surface area contributed by atoms with Crippen LogP contribution in [0.1, 0.15) is 44.4 Å². The molecule has 0 bridgehead atoms. The molecule has 1 heterocycles. The van der Waals surface area contributed by atoms with E-state index in [-0.39, 0.29) is 11.3 Å². The van der Waals surface area contributed by atoms with Gasteiger partial charge in [-0.1, -0.05) is 44.2 Å². The van der Waals surface area contributed by atoms with Gasteiger partial charge in [0, 0.05) is 28.9 Å². The molecular weight excluding hydrogens is 312 g/mol. The first kappa shape index (κ1) is 16.2. The standard InChI is InChI=1S/C21H24N2O2/c1-13-16-10-9-15-18(21(16,2)12-11-17(13)24)22-19(23-20(15)25-3)14-7-5-4-6-8-14/h4-8,13,16H,9-12H2,1-3H3/t13-,16-,21-/m0/s1. The monoisotopic (exact) mass is 336 g/mol. The van der Waals surface area contributed by atoms with Crippen LogP contribution in [0.15, 0.2) is 30.3 Å². The van der Waals surface area contributed by atoms with Crippen molar-refractivity contribution < 1.29 is 9.53 Å². The van der Waals surface area contributed by atoms with Gasteiger partial charge in [0.1, 0.15) is 5.78 Å². The minimum absolute atomic E-state index is 0.0827. The third-order valence-corrected chi connectivity index (χ3v) is 6.26. The van der Waals surface area contributed by atoms with Crippen LogP contribution >= 0.6 is 0 Å². The Hall–Kier alpha value is -2.23. The fourth-order valence-corrected chi connectivity index (χ4v) is 4.78. The van der Waals surface area contributed by atoms with Crippen molar-refractivity contribution in [1.82, 2.24) is 9.97 Å². The van der Waals surface area contributed by atoms with Crippen molar-refractivity contribution in [3.63, 3.8) is 0 Å². The highest BCUT2D eigenvalue weighted by Gasteiger charge is 2.49. The van der Waals surface area contributed by atoms with Crippen molar-refractivity contribution in [2.75, 3.05) is 7.11 Å². The Bertz CT molecular complexity index is 818. The highest BCUT2D eigenvalue weighted by Crippen LogP contribution is 2.51. The molecule has 2 aromatic rings. The first-order valence-corrected chi connectivity index (χ1v) is 9.08. The van der Waals surface area contributed by atoms with Crippen LogP contribution in [0, 0.1) is 11.8 Å². The highest BCUT2D eigenvalue weighted by atomic mass is 16.5. The molecule has 4 rings (SSSR count). The van der Waals surface area contributed by atoms with Crippen molar-refractivity contribution >= 4 is 5.78 Å². The lowest BCUT2D eigenvalue weighted by atomic mass is 9.56. The topological polar surface area (TPSA) is 52.1 Å². The zero-order valence-corrected chi connectivity index (χ0v) is 15.1. The van der Waals surface area contributed by atoms with Crippen LogP contribution in [-0.2, 0) is 16.6 Å². The fourth-order valence-electron chi connectivity index (χ4n) is 4.78. The molecule has 4 nitrogen and oxygen atoms in total. The second-order valence-corrected chi connectivity index (χ2v) is 7.57. The third kappa shape index (κ3) is 2.46. The molecule has 0 amide bonds. The summed E-state index contributed by atoms with van der Waals surface area (Å²) in [5.74, 6) is 2.25. The van der Waals surface area contributed by atoms with E-state index in [1.165, 1.54) is 0 Å². The normalized spacial score (nSPS) is 28.2. The summed E-state index contributed by atoms with van der Waals surface area (Å²) in [4.78, 5) is 21.9. The number of ketones is 1. The van der Waals surface area contributed by atoms with Gasteiger partial charge in [0.05, 0.1) is 12.8 Å². The SMILES string of the molecule is COc1nc(-c2ccccc2)nc2c1CC[C@H]1[C@H](C)C(=O)CC[C@]21C. The number of hydrogen-bond acceptors (Lipinski definition) is 4. The summed E-state index contributed by atoms with van der Waals surface area (Å²) < 4.78 is 5.63. The molecule has 0 saturated heterocycles. The zero-order valence-electron chi connectivity index (χ0n) is 15.1. The Morgan fingerprint density at radius 1 is 1.16 bits per heavy atom. The number of aromatic nitrogens is 2. The Kier molecular flexibility index (Phi) is 3.86. The number of carbonyl (C=O) groups excluding carboxylic acids is 1. The molecular formula is C21H24N2O2. The number of methoxy groups -OCH3 is 1. The van der Waals surface area contributed by atoms with E-state index in [4.69, 9.17) is 9.72 Å². The molecule has 4 heteroatoms. The van der Waals surface area contributed by atoms with Crippen molar-refractivity contribution in [2.45, 2.75) is 44.9 Å². The van der Waals surface area contributed by atoms with Gasteiger partial charge in [0.2, 0.25) is 5.88 Å². The zero-order chi connectivity index (χ0) is 17.6. The number of nitrogens with zero attached hydrogens (tertiary/aromatic N) is 2. The lowest BCUT2D eigenvalue weighted by Gasteiger charge is -2.47. The maximum absolute atomic E-state index is 12.3. The third-order valence-electron chi connectivity index (χ3n) is 6.26. The number of benzene rings is 1. The summed E-state index contributed by atoms with van der Waals surface area (Å²) >= 11 is 0. The van der Waals surface area contributed by atoms with Gasteiger partial charge in [-0.05, 0) is 25.2 Å². The van der Waals surface area contributed by atoms with E-state index in [9.17, 15) is 4.79 Å². The van der Waals surface area contributed by atoms with E-state index in [1.807, 2.05) is 30.3 Å². The summed E-state index contributed by atoms with van der Waals surface area (Å²) in [5, 5.41) is 0. The van der Waals surface area contributed by atoms with Crippen molar-refractivity contribution in [1.29, 1.82) is 0 Å². The van der Waals surface area contributed by atoms with Crippen LogP contribution in [0.3, 0.4) is 0 Å². The molecule has 0 radical (unpaired) electrons. The largest absolute Gasteiger partial charge is 0.481 e. The first-order chi connectivity index (χ1) is 12.0. The molecule has 3 atom stereocenters. The number of ether oxygens (including phenoxy) is 1. The average molecular weight is 336 g/mol. The summed E-state index contributed by atoms with van der Waals surface area (Å²) in [7, 11) is 1.68. The van der Waals surface area contributed by atoms with Crippen LogP contribution in [0.5, 0.6) is 5.88 Å². The van der Waals surface area contributed by atoms with Gasteiger partial charge >= 0.3 is 0 Å². The summed E-state index contributed by atoms with van der Waals surface area (Å²) in [6.45, 7) is 4.37. The second-order valence-electron chi connectivity index (χ2n) is 7.57. The summed E-state index contributed by atoms with van der Waals surface area (Å²) in [6.07, 6.45) is 3.38. The Labute approximate surface area is 148 Å². The maximum atomic E-state index is 12.3. The van der Waals surface area contributed by atoms with Gasteiger partial charge in [-0.15, -0.1) is 0 Å². The van der Waals surface area contributed by atoms with Crippen LogP contribution in [0.4, 0.5) is 0 Å². The van der Waals surface area contributed by atoms with Crippen LogP contribution in [0.2, 0.25) is 0 Å². The minimum atomic E-state index is -0.0827. The van der Waals surface area contributed by atoms with Gasteiger partial charge in [-0.2, -0.15) is 4.98 Å². The molecule has 2 aliphatic carbocycles. The molecule has 1 fully saturated rings. The minimum Gasteiger partial charge on any atom is -0.481 e. The number of rotatable bonds is 2. The molecule has 25 heavy (non-hydrogen) atoms. The second kappa shape index (κ2) is 5.94. The molecule has 0 N–H and O–H groups in total.